The Bertz CT molecular complexity index is 894. The summed E-state index contributed by atoms with van der Waals surface area (Å²) in [6, 6.07) is 15.5. The van der Waals surface area contributed by atoms with E-state index in [1.54, 1.807) is 42.2 Å². The van der Waals surface area contributed by atoms with Crippen LogP contribution in [0, 0.1) is 5.82 Å². The predicted octanol–water partition coefficient (Wildman–Crippen LogP) is 3.98. The van der Waals surface area contributed by atoms with E-state index in [0.29, 0.717) is 17.7 Å². The second kappa shape index (κ2) is 7.61. The first-order valence-corrected chi connectivity index (χ1v) is 8.64. The number of hydrogen-bond donors (Lipinski definition) is 1. The summed E-state index contributed by atoms with van der Waals surface area (Å²) in [5.74, 6) is -0.487. The van der Waals surface area contributed by atoms with Gasteiger partial charge < -0.3 is 5.32 Å². The van der Waals surface area contributed by atoms with Crippen molar-refractivity contribution < 1.29 is 9.18 Å². The van der Waals surface area contributed by atoms with E-state index < -0.39 is 6.04 Å². The number of amides is 1. The highest BCUT2D eigenvalue weighted by molar-refractivity contribution is 9.10. The number of nitrogens with one attached hydrogen (secondary N) is 1. The summed E-state index contributed by atoms with van der Waals surface area (Å²) in [7, 11) is 1.59. The van der Waals surface area contributed by atoms with E-state index >= 15 is 0 Å². The number of carbonyl (C=O) groups is 1. The number of halogens is 2. The van der Waals surface area contributed by atoms with E-state index in [0.717, 1.165) is 10.0 Å². The van der Waals surface area contributed by atoms with Crippen molar-refractivity contribution in [1.82, 2.24) is 15.1 Å². The van der Waals surface area contributed by atoms with Crippen LogP contribution in [-0.4, -0.2) is 22.7 Å². The van der Waals surface area contributed by atoms with Crippen molar-refractivity contribution in [3.63, 3.8) is 0 Å². The zero-order valence-corrected chi connectivity index (χ0v) is 15.2. The van der Waals surface area contributed by atoms with Crippen LogP contribution in [0.1, 0.15) is 11.6 Å². The van der Waals surface area contributed by atoms with Crippen LogP contribution in [0.2, 0.25) is 0 Å². The van der Waals surface area contributed by atoms with Gasteiger partial charge in [0.1, 0.15) is 11.9 Å². The fraction of sp³-hybridized carbons (Fsp3) is 0.158. The second-order valence-electron chi connectivity index (χ2n) is 5.62. The van der Waals surface area contributed by atoms with E-state index in [2.05, 4.69) is 26.3 Å². The number of carbonyl (C=O) groups excluding carboxylic acids is 1. The van der Waals surface area contributed by atoms with Gasteiger partial charge in [0.15, 0.2) is 0 Å². The van der Waals surface area contributed by atoms with Crippen LogP contribution >= 0.6 is 15.9 Å². The maximum Gasteiger partial charge on any atom is 0.244 e. The molecule has 0 saturated heterocycles. The zero-order valence-electron chi connectivity index (χ0n) is 13.6. The van der Waals surface area contributed by atoms with Crippen molar-refractivity contribution in [3.05, 3.63) is 76.6 Å². The van der Waals surface area contributed by atoms with Gasteiger partial charge in [-0.3, -0.25) is 9.48 Å². The second-order valence-corrected chi connectivity index (χ2v) is 6.54. The van der Waals surface area contributed by atoms with Crippen LogP contribution in [0.3, 0.4) is 0 Å². The van der Waals surface area contributed by atoms with Gasteiger partial charge in [-0.1, -0.05) is 40.2 Å². The predicted molar refractivity (Wildman–Crippen MR) is 98.6 cm³/mol. The summed E-state index contributed by atoms with van der Waals surface area (Å²) < 4.78 is 16.5. The lowest BCUT2D eigenvalue weighted by Gasteiger charge is -2.16. The average molecular weight is 402 g/mol. The van der Waals surface area contributed by atoms with Gasteiger partial charge in [0, 0.05) is 29.7 Å². The number of rotatable bonds is 5. The molecule has 0 aliphatic rings. The van der Waals surface area contributed by atoms with Crippen LogP contribution in [0.25, 0.3) is 11.3 Å². The molecule has 0 aliphatic carbocycles. The van der Waals surface area contributed by atoms with E-state index in [4.69, 9.17) is 0 Å². The van der Waals surface area contributed by atoms with Gasteiger partial charge in [-0.15, -0.1) is 0 Å². The normalized spacial score (nSPS) is 12.0. The van der Waals surface area contributed by atoms with E-state index in [1.807, 2.05) is 24.3 Å². The molecule has 0 saturated carbocycles. The Balaban J connectivity index is 1.92. The monoisotopic (exact) mass is 401 g/mol. The number of benzene rings is 2. The molecule has 3 aromatic rings. The largest absolute Gasteiger partial charge is 0.357 e. The number of likely N-dealkylation sites (N-methyl/N-ethyl adjacent to an activating group) is 1. The van der Waals surface area contributed by atoms with Gasteiger partial charge in [-0.25, -0.2) is 4.39 Å². The zero-order chi connectivity index (χ0) is 17.8. The van der Waals surface area contributed by atoms with Crippen LogP contribution in [0.5, 0.6) is 0 Å². The highest BCUT2D eigenvalue weighted by Gasteiger charge is 2.21. The Kier molecular flexibility index (Phi) is 5.28. The molecule has 1 heterocycles. The molecule has 0 bridgehead atoms. The fourth-order valence-electron chi connectivity index (χ4n) is 2.68. The first kappa shape index (κ1) is 17.4. The first-order valence-electron chi connectivity index (χ1n) is 7.84. The third kappa shape index (κ3) is 3.96. The summed E-state index contributed by atoms with van der Waals surface area (Å²) in [4.78, 5) is 12.4. The molecule has 0 radical (unpaired) electrons. The van der Waals surface area contributed by atoms with E-state index in [-0.39, 0.29) is 11.7 Å². The molecule has 0 aliphatic heterocycles. The Labute approximate surface area is 153 Å². The van der Waals surface area contributed by atoms with E-state index in [9.17, 15) is 9.18 Å². The van der Waals surface area contributed by atoms with Crippen LogP contribution in [-0.2, 0) is 11.2 Å². The Morgan fingerprint density at radius 1 is 1.24 bits per heavy atom. The molecule has 0 fully saturated rings. The smallest absolute Gasteiger partial charge is 0.244 e. The highest BCUT2D eigenvalue weighted by Crippen LogP contribution is 2.23. The molecule has 3 rings (SSSR count). The summed E-state index contributed by atoms with van der Waals surface area (Å²) in [5.41, 5.74) is 1.92. The molecule has 1 amide bonds. The van der Waals surface area contributed by atoms with Crippen LogP contribution in [0.15, 0.2) is 65.3 Å². The first-order chi connectivity index (χ1) is 12.1. The highest BCUT2D eigenvalue weighted by atomic mass is 79.9. The maximum absolute atomic E-state index is 14.0. The maximum atomic E-state index is 14.0. The molecule has 128 valence electrons. The van der Waals surface area contributed by atoms with Crippen molar-refractivity contribution in [1.29, 1.82) is 0 Å². The number of nitrogens with zero attached hydrogens (tertiary/aromatic N) is 2. The van der Waals surface area contributed by atoms with Crippen LogP contribution in [0.4, 0.5) is 4.39 Å². The molecule has 2 aromatic carbocycles. The van der Waals surface area contributed by atoms with Crippen molar-refractivity contribution in [2.45, 2.75) is 12.5 Å². The molecular weight excluding hydrogens is 385 g/mol. The lowest BCUT2D eigenvalue weighted by Crippen LogP contribution is -2.31. The van der Waals surface area contributed by atoms with Crippen molar-refractivity contribution in [2.75, 3.05) is 7.05 Å². The Hall–Kier alpha value is -2.47. The molecule has 4 nitrogen and oxygen atoms in total. The quantitative estimate of drug-likeness (QED) is 0.702. The minimum Gasteiger partial charge on any atom is -0.357 e. The van der Waals surface area contributed by atoms with Gasteiger partial charge in [-0.2, -0.15) is 5.10 Å². The van der Waals surface area contributed by atoms with Crippen molar-refractivity contribution in [2.24, 2.45) is 0 Å². The van der Waals surface area contributed by atoms with Gasteiger partial charge >= 0.3 is 0 Å². The summed E-state index contributed by atoms with van der Waals surface area (Å²) in [5, 5.41) is 7.11. The minimum absolute atomic E-state index is 0.150. The van der Waals surface area contributed by atoms with Gasteiger partial charge in [0.05, 0.1) is 5.69 Å². The molecule has 25 heavy (non-hydrogen) atoms. The fourth-order valence-corrected chi connectivity index (χ4v) is 3.13. The number of aromatic nitrogens is 2. The SMILES string of the molecule is CNC(=O)[C@H](Cc1cccc(Br)c1)n1ccc(-c2ccccc2F)n1. The lowest BCUT2D eigenvalue weighted by molar-refractivity contribution is -0.124. The Morgan fingerprint density at radius 3 is 2.76 bits per heavy atom. The van der Waals surface area contributed by atoms with Crippen LogP contribution < -0.4 is 5.32 Å². The summed E-state index contributed by atoms with van der Waals surface area (Å²) in [6.45, 7) is 0. The van der Waals surface area contributed by atoms with Crippen molar-refractivity contribution in [3.8, 4) is 11.3 Å². The van der Waals surface area contributed by atoms with Gasteiger partial charge in [0.2, 0.25) is 5.91 Å². The lowest BCUT2D eigenvalue weighted by atomic mass is 10.1. The van der Waals surface area contributed by atoms with Crippen molar-refractivity contribution >= 4 is 21.8 Å². The summed E-state index contributed by atoms with van der Waals surface area (Å²) >= 11 is 3.44. The molecule has 0 unspecified atom stereocenters. The third-order valence-electron chi connectivity index (χ3n) is 3.94. The Morgan fingerprint density at radius 2 is 2.04 bits per heavy atom. The minimum atomic E-state index is -0.514. The van der Waals surface area contributed by atoms with E-state index in [1.165, 1.54) is 6.07 Å². The van der Waals surface area contributed by atoms with Gasteiger partial charge in [-0.05, 0) is 35.9 Å². The standard InChI is InChI=1S/C19H17BrFN3O/c1-22-19(25)18(12-13-5-4-6-14(20)11-13)24-10-9-17(23-24)15-7-2-3-8-16(15)21/h2-11,18H,12H2,1H3,(H,22,25)/t18-/m0/s1. The molecule has 1 atom stereocenters. The number of hydrogen-bond acceptors (Lipinski definition) is 2. The molecule has 0 spiro atoms. The average Bonchev–Trinajstić information content (AvgIpc) is 3.09. The molecule has 6 heteroatoms. The molecular formula is C19H17BrFN3O. The summed E-state index contributed by atoms with van der Waals surface area (Å²) in [6.07, 6.45) is 2.19. The molecule has 1 aromatic heterocycles. The third-order valence-corrected chi connectivity index (χ3v) is 4.44. The van der Waals surface area contributed by atoms with Gasteiger partial charge in [0.25, 0.3) is 0 Å². The topological polar surface area (TPSA) is 46.9 Å². The molecule has 1 N–H and O–H groups in total.